The van der Waals surface area contributed by atoms with Gasteiger partial charge in [-0.1, -0.05) is 0 Å². The molecule has 0 aromatic heterocycles. The van der Waals surface area contributed by atoms with Gasteiger partial charge < -0.3 is 0 Å². The van der Waals surface area contributed by atoms with Gasteiger partial charge in [0.15, 0.2) is 0 Å². The first-order valence-electron chi connectivity index (χ1n) is 6.64. The van der Waals surface area contributed by atoms with E-state index in [1.807, 2.05) is 0 Å². The van der Waals surface area contributed by atoms with E-state index in [2.05, 4.69) is 4.74 Å². The zero-order chi connectivity index (χ0) is 14.6. The molecule has 0 atom stereocenters. The van der Waals surface area contributed by atoms with E-state index in [0.29, 0.717) is 18.3 Å². The molecule has 0 saturated carbocycles. The Morgan fingerprint density at radius 3 is 2.80 bits per heavy atom. The van der Waals surface area contributed by atoms with E-state index in [-0.39, 0.29) is 9.92 Å². The molecular weight excluding hydrogens is 183 g/mol. The van der Waals surface area contributed by atoms with Crippen LogP contribution in [0.3, 0.4) is 0 Å². The molecule has 1 fully saturated rings. The first-order chi connectivity index (χ1) is 7.81. The standard InChI is InChI=1S/C6H10NO2.Zn/c1-6(8)7-2-4-9-5-3-7;/h1-5H2;/i2D2,3D2,4D2,5D2;. The summed E-state index contributed by atoms with van der Waals surface area (Å²) in [6.45, 7) is -12.5. The molecule has 0 aromatic rings. The molecule has 0 aromatic carbocycles. The molecule has 1 saturated heterocycles. The molecule has 3 nitrogen and oxygen atoms in total. The van der Waals surface area contributed by atoms with Crippen molar-refractivity contribution in [2.24, 2.45) is 0 Å². The van der Waals surface area contributed by atoms with Gasteiger partial charge in [0.1, 0.15) is 0 Å². The molecule has 1 aliphatic rings. The predicted octanol–water partition coefficient (Wildman–Crippen LogP) is -0.190. The molecule has 1 aliphatic heterocycles. The van der Waals surface area contributed by atoms with Crippen molar-refractivity contribution in [2.75, 3.05) is 26.1 Å². The van der Waals surface area contributed by atoms with E-state index in [4.69, 9.17) is 11.0 Å². The summed E-state index contributed by atoms with van der Waals surface area (Å²) in [5, 5.41) is -0.162. The fourth-order valence-electron chi connectivity index (χ4n) is 0.427. The summed E-state index contributed by atoms with van der Waals surface area (Å²) in [5.41, 5.74) is 0. The third kappa shape index (κ3) is 2.03. The van der Waals surface area contributed by atoms with E-state index < -0.39 is 32.0 Å². The van der Waals surface area contributed by atoms with E-state index in [0.717, 1.165) is 0 Å². The Labute approximate surface area is 81.6 Å². The average molecular weight is 202 g/mol. The number of amides is 1. The van der Waals surface area contributed by atoms with Crippen LogP contribution < -0.4 is 0 Å². The summed E-state index contributed by atoms with van der Waals surface area (Å²) in [6, 6.07) is 0. The second-order valence-corrected chi connectivity index (χ2v) is 2.56. The van der Waals surface area contributed by atoms with Crippen molar-refractivity contribution in [1.29, 1.82) is 0 Å². The monoisotopic (exact) mass is 200 g/mol. The van der Waals surface area contributed by atoms with Crippen LogP contribution in [0.25, 0.3) is 0 Å². The summed E-state index contributed by atoms with van der Waals surface area (Å²) in [4.78, 5) is 11.6. The van der Waals surface area contributed by atoms with Crippen molar-refractivity contribution >= 4 is 5.91 Å². The van der Waals surface area contributed by atoms with Crippen LogP contribution in [0.4, 0.5) is 0 Å². The zero-order valence-corrected chi connectivity index (χ0v) is 8.15. The van der Waals surface area contributed by atoms with Crippen molar-refractivity contribution in [2.45, 2.75) is 5.02 Å². The predicted molar refractivity (Wildman–Crippen MR) is 32.2 cm³/mol. The van der Waals surface area contributed by atoms with Gasteiger partial charge in [-0.3, -0.25) is 0 Å². The molecule has 10 heavy (non-hydrogen) atoms. The Morgan fingerprint density at radius 2 is 2.30 bits per heavy atom. The van der Waals surface area contributed by atoms with E-state index >= 15 is 0 Å². The number of ether oxygens (including phenoxy) is 1. The summed E-state index contributed by atoms with van der Waals surface area (Å²) >= 11 is 0.425. The topological polar surface area (TPSA) is 29.5 Å². The molecule has 0 spiro atoms. The van der Waals surface area contributed by atoms with Gasteiger partial charge in [0.25, 0.3) is 0 Å². The number of nitrogens with zero attached hydrogens (tertiary/aromatic N) is 1. The van der Waals surface area contributed by atoms with Gasteiger partial charge in [-0.15, -0.1) is 0 Å². The van der Waals surface area contributed by atoms with Crippen molar-refractivity contribution in [3.8, 4) is 0 Å². The van der Waals surface area contributed by atoms with Crippen LogP contribution in [0.5, 0.6) is 0 Å². The number of carbonyl (C=O) groups excluding carboxylic acids is 1. The molecule has 0 radical (unpaired) electrons. The van der Waals surface area contributed by atoms with Crippen molar-refractivity contribution in [3.63, 3.8) is 0 Å². The van der Waals surface area contributed by atoms with Gasteiger partial charge in [0.2, 0.25) is 0 Å². The Hall–Kier alpha value is 0.0534. The molecule has 0 unspecified atom stereocenters. The molecule has 53 valence electrons. The fraction of sp³-hybridized carbons (Fsp3) is 0.833. The number of morpholine rings is 1. The fourth-order valence-corrected chi connectivity index (χ4v) is 0.896. The second-order valence-electron chi connectivity index (χ2n) is 1.51. The molecule has 1 heterocycles. The first kappa shape index (κ1) is 2.53. The SMILES string of the molecule is [2H]C1([2H])OC([2H])([2H])C([2H])([2H])N(C(=O)[CH2][Zn])C1([2H])[2H]. The summed E-state index contributed by atoms with van der Waals surface area (Å²) < 4.78 is 63.7. The van der Waals surface area contributed by atoms with Gasteiger partial charge in [-0.25, -0.2) is 0 Å². The molecule has 0 N–H and O–H groups in total. The summed E-state index contributed by atoms with van der Waals surface area (Å²) in [5.74, 6) is -0.985. The van der Waals surface area contributed by atoms with Crippen LogP contribution in [0.2, 0.25) is 5.02 Å². The van der Waals surface area contributed by atoms with Crippen LogP contribution in [0, 0.1) is 0 Å². The Bertz CT molecular complexity index is 347. The maximum absolute atomic E-state index is 11.7. The molecule has 0 aliphatic carbocycles. The molecule has 0 bridgehead atoms. The van der Waals surface area contributed by atoms with Gasteiger partial charge in [0, 0.05) is 0 Å². The zero-order valence-electron chi connectivity index (χ0n) is 13.2. The summed E-state index contributed by atoms with van der Waals surface area (Å²) in [7, 11) is 0. The van der Waals surface area contributed by atoms with Crippen LogP contribution in [-0.2, 0) is 27.8 Å². The van der Waals surface area contributed by atoms with Crippen molar-refractivity contribution in [1.82, 2.24) is 4.90 Å². The number of carbonyl (C=O) groups is 1. The Balaban J connectivity index is 3.43. The van der Waals surface area contributed by atoms with Crippen molar-refractivity contribution in [3.05, 3.63) is 0 Å². The molecule has 1 amide bonds. The maximum atomic E-state index is 11.7. The van der Waals surface area contributed by atoms with Crippen molar-refractivity contribution < 1.29 is 38.8 Å². The van der Waals surface area contributed by atoms with E-state index in [9.17, 15) is 4.79 Å². The quantitative estimate of drug-likeness (QED) is 0.551. The first-order valence-corrected chi connectivity index (χ1v) is 4.73. The average Bonchev–Trinajstić information content (AvgIpc) is 2.12. The number of rotatable bonds is 1. The van der Waals surface area contributed by atoms with Crippen LogP contribution >= 0.6 is 0 Å². The second kappa shape index (κ2) is 4.04. The molecule has 4 heteroatoms. The van der Waals surface area contributed by atoms with Gasteiger partial charge in [0.05, 0.1) is 0 Å². The van der Waals surface area contributed by atoms with Crippen LogP contribution in [0.15, 0.2) is 0 Å². The minimum atomic E-state index is -3.15. The number of hydrogen-bond donors (Lipinski definition) is 0. The Morgan fingerprint density at radius 1 is 1.70 bits per heavy atom. The van der Waals surface area contributed by atoms with Crippen LogP contribution in [0.1, 0.15) is 11.0 Å². The van der Waals surface area contributed by atoms with Gasteiger partial charge >= 0.3 is 80.7 Å². The van der Waals surface area contributed by atoms with E-state index in [1.165, 1.54) is 0 Å². The van der Waals surface area contributed by atoms with Gasteiger partial charge in [-0.05, 0) is 0 Å². The summed E-state index contributed by atoms with van der Waals surface area (Å²) in [6.07, 6.45) is 0. The van der Waals surface area contributed by atoms with E-state index in [1.54, 1.807) is 0 Å². The third-order valence-electron chi connectivity index (χ3n) is 0.880. The number of hydrogen-bond acceptors (Lipinski definition) is 2. The Kier molecular flexibility index (Phi) is 1.02. The van der Waals surface area contributed by atoms with Gasteiger partial charge in [-0.2, -0.15) is 0 Å². The molecular formula is C6H10NO2Zn. The minimum absolute atomic E-state index is 0.0208. The molecule has 1 rings (SSSR count). The third-order valence-corrected chi connectivity index (χ3v) is 1.78. The van der Waals surface area contributed by atoms with Crippen LogP contribution in [-0.4, -0.2) is 36.9 Å². The normalized spacial score (nSPS) is 51.2.